The molecule has 0 unspecified atom stereocenters. The van der Waals surface area contributed by atoms with Crippen LogP contribution in [0.2, 0.25) is 0 Å². The van der Waals surface area contributed by atoms with Crippen molar-refractivity contribution in [2.45, 2.75) is 20.3 Å². The van der Waals surface area contributed by atoms with E-state index < -0.39 is 0 Å². The molecule has 1 aliphatic heterocycles. The topological polar surface area (TPSA) is 58.0 Å². The lowest BCUT2D eigenvalue weighted by molar-refractivity contribution is 0.640. The predicted octanol–water partition coefficient (Wildman–Crippen LogP) is 2.68. The highest BCUT2D eigenvalue weighted by Crippen LogP contribution is 2.29. The SMILES string of the molecule is CCc1nc(N2CCN(c3ccnc(C)n3)CC2)c2ccsc2n1. The lowest BCUT2D eigenvalue weighted by Gasteiger charge is -2.36. The van der Waals surface area contributed by atoms with Gasteiger partial charge in [0.15, 0.2) is 0 Å². The van der Waals surface area contributed by atoms with Crippen LogP contribution < -0.4 is 9.80 Å². The van der Waals surface area contributed by atoms with Gasteiger partial charge in [0.1, 0.15) is 28.1 Å². The van der Waals surface area contributed by atoms with Crippen molar-refractivity contribution in [2.75, 3.05) is 36.0 Å². The Kier molecular flexibility index (Phi) is 4.02. The van der Waals surface area contributed by atoms with Crippen molar-refractivity contribution in [1.82, 2.24) is 19.9 Å². The monoisotopic (exact) mass is 340 g/mol. The second-order valence-corrected chi connectivity index (χ2v) is 6.79. The average molecular weight is 340 g/mol. The quantitative estimate of drug-likeness (QED) is 0.731. The first-order valence-corrected chi connectivity index (χ1v) is 9.16. The molecule has 0 spiro atoms. The number of rotatable bonds is 3. The molecule has 4 rings (SSSR count). The summed E-state index contributed by atoms with van der Waals surface area (Å²) in [5, 5.41) is 3.27. The van der Waals surface area contributed by atoms with Crippen LogP contribution in [0.4, 0.5) is 11.6 Å². The van der Waals surface area contributed by atoms with Crippen LogP contribution in [0.1, 0.15) is 18.6 Å². The van der Waals surface area contributed by atoms with Crippen molar-refractivity contribution in [3.63, 3.8) is 0 Å². The molecule has 7 heteroatoms. The molecular weight excluding hydrogens is 320 g/mol. The third-order valence-electron chi connectivity index (χ3n) is 4.33. The first kappa shape index (κ1) is 15.3. The van der Waals surface area contributed by atoms with Crippen molar-refractivity contribution in [2.24, 2.45) is 0 Å². The lowest BCUT2D eigenvalue weighted by atomic mass is 10.2. The molecule has 0 aromatic carbocycles. The number of aryl methyl sites for hydroxylation is 2. The third-order valence-corrected chi connectivity index (χ3v) is 5.14. The Labute approximate surface area is 145 Å². The fraction of sp³-hybridized carbons (Fsp3) is 0.412. The highest BCUT2D eigenvalue weighted by atomic mass is 32.1. The van der Waals surface area contributed by atoms with Gasteiger partial charge in [-0.2, -0.15) is 0 Å². The first-order chi connectivity index (χ1) is 11.7. The fourth-order valence-corrected chi connectivity index (χ4v) is 3.83. The summed E-state index contributed by atoms with van der Waals surface area (Å²) in [4.78, 5) is 23.9. The number of piperazine rings is 1. The van der Waals surface area contributed by atoms with Gasteiger partial charge in [0.2, 0.25) is 0 Å². The van der Waals surface area contributed by atoms with Crippen molar-refractivity contribution in [3.05, 3.63) is 35.4 Å². The molecule has 6 nitrogen and oxygen atoms in total. The summed E-state index contributed by atoms with van der Waals surface area (Å²) in [6.07, 6.45) is 2.69. The Balaban J connectivity index is 1.57. The molecule has 3 aromatic heterocycles. The number of hydrogen-bond donors (Lipinski definition) is 0. The van der Waals surface area contributed by atoms with Gasteiger partial charge in [-0.15, -0.1) is 11.3 Å². The first-order valence-electron chi connectivity index (χ1n) is 8.28. The molecule has 0 amide bonds. The van der Waals surface area contributed by atoms with Crippen LogP contribution in [0.15, 0.2) is 23.7 Å². The van der Waals surface area contributed by atoms with Crippen LogP contribution in [0, 0.1) is 6.92 Å². The van der Waals surface area contributed by atoms with E-state index in [9.17, 15) is 0 Å². The van der Waals surface area contributed by atoms with Gasteiger partial charge in [-0.25, -0.2) is 19.9 Å². The Hall–Kier alpha value is -2.28. The zero-order valence-corrected chi connectivity index (χ0v) is 14.8. The van der Waals surface area contributed by atoms with E-state index in [-0.39, 0.29) is 0 Å². The van der Waals surface area contributed by atoms with Gasteiger partial charge in [0, 0.05) is 38.8 Å². The highest BCUT2D eigenvalue weighted by Gasteiger charge is 2.22. The van der Waals surface area contributed by atoms with E-state index in [0.717, 1.165) is 60.7 Å². The van der Waals surface area contributed by atoms with E-state index in [1.54, 1.807) is 11.3 Å². The van der Waals surface area contributed by atoms with Crippen LogP contribution in [0.3, 0.4) is 0 Å². The number of aromatic nitrogens is 4. The Morgan fingerprint density at radius 1 is 1.04 bits per heavy atom. The minimum Gasteiger partial charge on any atom is -0.353 e. The molecule has 0 bridgehead atoms. The van der Waals surface area contributed by atoms with Gasteiger partial charge in [-0.3, -0.25) is 0 Å². The summed E-state index contributed by atoms with van der Waals surface area (Å²) >= 11 is 1.69. The summed E-state index contributed by atoms with van der Waals surface area (Å²) < 4.78 is 0. The van der Waals surface area contributed by atoms with Crippen LogP contribution in [0.25, 0.3) is 10.2 Å². The Bertz CT molecular complexity index is 853. The zero-order chi connectivity index (χ0) is 16.5. The van der Waals surface area contributed by atoms with Crippen molar-refractivity contribution >= 4 is 33.2 Å². The Morgan fingerprint density at radius 2 is 1.83 bits per heavy atom. The number of anilines is 2. The molecule has 1 aliphatic rings. The van der Waals surface area contributed by atoms with Gasteiger partial charge in [0.05, 0.1) is 5.39 Å². The maximum absolute atomic E-state index is 4.80. The molecule has 24 heavy (non-hydrogen) atoms. The van der Waals surface area contributed by atoms with Gasteiger partial charge in [-0.05, 0) is 24.4 Å². The second-order valence-electron chi connectivity index (χ2n) is 5.89. The van der Waals surface area contributed by atoms with Crippen molar-refractivity contribution < 1.29 is 0 Å². The number of thiophene rings is 1. The minimum atomic E-state index is 0.818. The van der Waals surface area contributed by atoms with Crippen molar-refractivity contribution in [3.8, 4) is 0 Å². The lowest BCUT2D eigenvalue weighted by Crippen LogP contribution is -2.47. The van der Waals surface area contributed by atoms with Crippen LogP contribution in [-0.4, -0.2) is 46.1 Å². The molecule has 3 aromatic rings. The molecule has 124 valence electrons. The van der Waals surface area contributed by atoms with Crippen LogP contribution >= 0.6 is 11.3 Å². The van der Waals surface area contributed by atoms with Crippen LogP contribution in [0.5, 0.6) is 0 Å². The smallest absolute Gasteiger partial charge is 0.141 e. The largest absolute Gasteiger partial charge is 0.353 e. The molecule has 0 atom stereocenters. The fourth-order valence-electron chi connectivity index (χ4n) is 3.05. The summed E-state index contributed by atoms with van der Waals surface area (Å²) in [6.45, 7) is 7.79. The molecular formula is C17H20N6S. The zero-order valence-electron chi connectivity index (χ0n) is 13.9. The normalized spacial score (nSPS) is 15.2. The van der Waals surface area contributed by atoms with Crippen LogP contribution in [-0.2, 0) is 6.42 Å². The molecule has 1 saturated heterocycles. The van der Waals surface area contributed by atoms with E-state index in [0.29, 0.717) is 0 Å². The van der Waals surface area contributed by atoms with Gasteiger partial charge >= 0.3 is 0 Å². The number of fused-ring (bicyclic) bond motifs is 1. The van der Waals surface area contributed by atoms with E-state index in [1.807, 2.05) is 19.2 Å². The summed E-state index contributed by atoms with van der Waals surface area (Å²) in [5.74, 6) is 3.84. The summed E-state index contributed by atoms with van der Waals surface area (Å²) in [6, 6.07) is 4.12. The number of nitrogens with zero attached hydrogens (tertiary/aromatic N) is 6. The molecule has 0 radical (unpaired) electrons. The highest BCUT2D eigenvalue weighted by molar-refractivity contribution is 7.16. The Morgan fingerprint density at radius 3 is 2.58 bits per heavy atom. The molecule has 1 fully saturated rings. The standard InChI is InChI=1S/C17H20N6S/c1-3-14-20-16(13-5-11-24-17(13)21-14)23-9-7-22(8-10-23)15-4-6-18-12(2)19-15/h4-6,11H,3,7-10H2,1-2H3. The molecule has 4 heterocycles. The average Bonchev–Trinajstić information content (AvgIpc) is 3.09. The summed E-state index contributed by atoms with van der Waals surface area (Å²) in [5.41, 5.74) is 0. The van der Waals surface area contributed by atoms with E-state index >= 15 is 0 Å². The van der Waals surface area contributed by atoms with Gasteiger partial charge < -0.3 is 9.80 Å². The van der Waals surface area contributed by atoms with Gasteiger partial charge in [0.25, 0.3) is 0 Å². The molecule has 0 saturated carbocycles. The maximum atomic E-state index is 4.80. The minimum absolute atomic E-state index is 0.818. The third kappa shape index (κ3) is 2.80. The van der Waals surface area contributed by atoms with E-state index in [2.05, 4.69) is 43.1 Å². The van der Waals surface area contributed by atoms with Crippen molar-refractivity contribution in [1.29, 1.82) is 0 Å². The molecule has 0 N–H and O–H groups in total. The van der Waals surface area contributed by atoms with Gasteiger partial charge in [-0.1, -0.05) is 6.92 Å². The molecule has 0 aliphatic carbocycles. The second kappa shape index (κ2) is 6.32. The number of hydrogen-bond acceptors (Lipinski definition) is 7. The maximum Gasteiger partial charge on any atom is 0.141 e. The predicted molar refractivity (Wildman–Crippen MR) is 98.0 cm³/mol. The van der Waals surface area contributed by atoms with E-state index in [1.165, 1.54) is 5.39 Å². The van der Waals surface area contributed by atoms with E-state index in [4.69, 9.17) is 4.98 Å². The summed E-state index contributed by atoms with van der Waals surface area (Å²) in [7, 11) is 0.